The molecule has 1 unspecified atom stereocenters. The Kier molecular flexibility index (Phi) is 4.14. The average molecular weight is 307 g/mol. The number of carboxylic acids is 1. The molecule has 0 bridgehead atoms. The minimum Gasteiger partial charge on any atom is -0.480 e. The summed E-state index contributed by atoms with van der Waals surface area (Å²) in [6, 6.07) is -1.64. The Hall–Kier alpha value is -1.64. The van der Waals surface area contributed by atoms with Gasteiger partial charge in [0.05, 0.1) is 16.9 Å². The lowest BCUT2D eigenvalue weighted by atomic mass is 9.84. The summed E-state index contributed by atoms with van der Waals surface area (Å²) in [7, 11) is -3.44. The highest BCUT2D eigenvalue weighted by atomic mass is 32.2. The Bertz CT molecular complexity index is 519. The summed E-state index contributed by atoms with van der Waals surface area (Å²) < 4.78 is 27.3. The van der Waals surface area contributed by atoms with E-state index in [0.717, 1.165) is 0 Å². The molecule has 1 atom stereocenters. The number of nitrogens with one attached hydrogen (secondary N) is 1. The molecule has 114 valence electrons. The summed E-state index contributed by atoms with van der Waals surface area (Å²) in [5.41, 5.74) is -2.48. The SMILES string of the molecule is CC(C)(C)OC(=O)NC(C(=O)O)C1(C=O)CS(=O)(=O)C1. The molecule has 2 N–H and O–H groups in total. The van der Waals surface area contributed by atoms with Crippen LogP contribution < -0.4 is 5.32 Å². The number of aldehydes is 1. The molecule has 0 spiro atoms. The summed E-state index contributed by atoms with van der Waals surface area (Å²) >= 11 is 0. The lowest BCUT2D eigenvalue weighted by Gasteiger charge is -2.40. The van der Waals surface area contributed by atoms with E-state index in [1.165, 1.54) is 0 Å². The fourth-order valence-corrected chi connectivity index (χ4v) is 3.98. The van der Waals surface area contributed by atoms with E-state index in [0.29, 0.717) is 0 Å². The topological polar surface area (TPSA) is 127 Å². The zero-order valence-electron chi connectivity index (χ0n) is 11.4. The van der Waals surface area contributed by atoms with Crippen LogP contribution in [0.5, 0.6) is 0 Å². The van der Waals surface area contributed by atoms with Crippen molar-refractivity contribution in [1.29, 1.82) is 0 Å². The van der Waals surface area contributed by atoms with Crippen LogP contribution in [-0.2, 0) is 24.2 Å². The van der Waals surface area contributed by atoms with Crippen molar-refractivity contribution in [3.05, 3.63) is 0 Å². The molecule has 1 aliphatic rings. The van der Waals surface area contributed by atoms with Crippen LogP contribution in [-0.4, -0.2) is 55.0 Å². The Labute approximate surface area is 116 Å². The zero-order valence-corrected chi connectivity index (χ0v) is 12.2. The van der Waals surface area contributed by atoms with Gasteiger partial charge < -0.3 is 20.0 Å². The van der Waals surface area contributed by atoms with Gasteiger partial charge in [0.25, 0.3) is 0 Å². The fraction of sp³-hybridized carbons (Fsp3) is 0.727. The van der Waals surface area contributed by atoms with Gasteiger partial charge in [-0.2, -0.15) is 0 Å². The Morgan fingerprint density at radius 1 is 1.35 bits per heavy atom. The van der Waals surface area contributed by atoms with E-state index in [1.54, 1.807) is 20.8 Å². The van der Waals surface area contributed by atoms with Gasteiger partial charge in [0, 0.05) is 0 Å². The second-order valence-corrected chi connectivity index (χ2v) is 7.87. The van der Waals surface area contributed by atoms with Gasteiger partial charge in [0.1, 0.15) is 17.9 Å². The molecule has 0 aromatic heterocycles. The standard InChI is InChI=1S/C11H17NO7S/c1-10(2,3)19-9(16)12-7(8(14)15)11(4-13)5-20(17,18)6-11/h4,7H,5-6H2,1-3H3,(H,12,16)(H,14,15). The van der Waals surface area contributed by atoms with E-state index < -0.39 is 50.5 Å². The van der Waals surface area contributed by atoms with Gasteiger partial charge in [0.2, 0.25) is 0 Å². The smallest absolute Gasteiger partial charge is 0.408 e. The quantitative estimate of drug-likeness (QED) is 0.675. The third-order valence-corrected chi connectivity index (χ3v) is 4.65. The molecule has 9 heteroatoms. The lowest BCUT2D eigenvalue weighted by Crippen LogP contribution is -2.65. The minimum atomic E-state index is -3.44. The van der Waals surface area contributed by atoms with Gasteiger partial charge in [-0.05, 0) is 20.8 Å². The lowest BCUT2D eigenvalue weighted by molar-refractivity contribution is -0.144. The number of carboxylic acid groups (broad SMARTS) is 1. The van der Waals surface area contributed by atoms with Gasteiger partial charge in [-0.15, -0.1) is 0 Å². The van der Waals surface area contributed by atoms with Crippen LogP contribution in [0.2, 0.25) is 0 Å². The number of aliphatic carboxylic acids is 1. The number of carbonyl (C=O) groups excluding carboxylic acids is 2. The number of hydrogen-bond acceptors (Lipinski definition) is 6. The first kappa shape index (κ1) is 16.4. The second-order valence-electron chi connectivity index (χ2n) is 5.80. The first-order valence-corrected chi connectivity index (χ1v) is 7.62. The molecule has 0 saturated carbocycles. The highest BCUT2D eigenvalue weighted by molar-refractivity contribution is 7.93. The molecule has 1 aliphatic heterocycles. The number of ether oxygens (including phenoxy) is 1. The van der Waals surface area contributed by atoms with E-state index >= 15 is 0 Å². The zero-order chi connectivity index (χ0) is 15.8. The van der Waals surface area contributed by atoms with Crippen LogP contribution in [0.3, 0.4) is 0 Å². The van der Waals surface area contributed by atoms with Crippen molar-refractivity contribution in [2.75, 3.05) is 11.5 Å². The molecule has 20 heavy (non-hydrogen) atoms. The van der Waals surface area contributed by atoms with Crippen molar-refractivity contribution in [2.24, 2.45) is 5.41 Å². The Balaban J connectivity index is 2.88. The predicted octanol–water partition coefficient (Wildman–Crippen LogP) is -0.422. The normalized spacial score (nSPS) is 21.1. The number of rotatable bonds is 4. The molecule has 0 radical (unpaired) electrons. The van der Waals surface area contributed by atoms with Gasteiger partial charge in [-0.3, -0.25) is 0 Å². The number of carbonyl (C=O) groups is 3. The highest BCUT2D eigenvalue weighted by Gasteiger charge is 2.57. The van der Waals surface area contributed by atoms with Gasteiger partial charge in [-0.1, -0.05) is 0 Å². The van der Waals surface area contributed by atoms with Crippen molar-refractivity contribution in [2.45, 2.75) is 32.4 Å². The predicted molar refractivity (Wildman–Crippen MR) is 67.9 cm³/mol. The minimum absolute atomic E-state index is 0.268. The number of alkyl carbamates (subject to hydrolysis) is 1. The first-order chi connectivity index (χ1) is 8.91. The first-order valence-electron chi connectivity index (χ1n) is 5.80. The van der Waals surface area contributed by atoms with E-state index in [2.05, 4.69) is 0 Å². The van der Waals surface area contributed by atoms with Gasteiger partial charge in [0.15, 0.2) is 9.84 Å². The fourth-order valence-electron chi connectivity index (χ4n) is 1.96. The second kappa shape index (κ2) is 5.04. The number of hydrogen-bond donors (Lipinski definition) is 2. The Morgan fingerprint density at radius 2 is 1.85 bits per heavy atom. The van der Waals surface area contributed by atoms with Crippen LogP contribution in [0.25, 0.3) is 0 Å². The molecule has 1 heterocycles. The molecule has 0 aromatic carbocycles. The van der Waals surface area contributed by atoms with Crippen LogP contribution in [0.15, 0.2) is 0 Å². The monoisotopic (exact) mass is 307 g/mol. The summed E-state index contributed by atoms with van der Waals surface area (Å²) in [4.78, 5) is 33.9. The number of amides is 1. The molecule has 0 aromatic rings. The molecule has 8 nitrogen and oxygen atoms in total. The maximum absolute atomic E-state index is 11.6. The molecule has 0 aliphatic carbocycles. The van der Waals surface area contributed by atoms with Crippen LogP contribution in [0.4, 0.5) is 4.79 Å². The van der Waals surface area contributed by atoms with E-state index in [-0.39, 0.29) is 6.29 Å². The van der Waals surface area contributed by atoms with E-state index in [9.17, 15) is 22.8 Å². The summed E-state index contributed by atoms with van der Waals surface area (Å²) in [6.45, 7) is 4.77. The van der Waals surface area contributed by atoms with Crippen molar-refractivity contribution in [3.8, 4) is 0 Å². The maximum atomic E-state index is 11.6. The molecular weight excluding hydrogens is 290 g/mol. The van der Waals surface area contributed by atoms with Crippen molar-refractivity contribution in [1.82, 2.24) is 5.32 Å². The van der Waals surface area contributed by atoms with Crippen LogP contribution in [0, 0.1) is 5.41 Å². The van der Waals surface area contributed by atoms with Crippen molar-refractivity contribution in [3.63, 3.8) is 0 Å². The molecule has 1 amide bonds. The molecule has 1 saturated heterocycles. The van der Waals surface area contributed by atoms with Gasteiger partial charge >= 0.3 is 12.1 Å². The van der Waals surface area contributed by atoms with E-state index in [4.69, 9.17) is 9.84 Å². The largest absolute Gasteiger partial charge is 0.480 e. The Morgan fingerprint density at radius 3 is 2.15 bits per heavy atom. The maximum Gasteiger partial charge on any atom is 0.408 e. The third kappa shape index (κ3) is 3.69. The number of sulfone groups is 1. The molecule has 1 fully saturated rings. The van der Waals surface area contributed by atoms with Crippen LogP contribution >= 0.6 is 0 Å². The summed E-state index contributed by atoms with van der Waals surface area (Å²) in [6.07, 6.45) is -0.750. The van der Waals surface area contributed by atoms with Gasteiger partial charge in [-0.25, -0.2) is 18.0 Å². The van der Waals surface area contributed by atoms with Crippen molar-refractivity contribution < 1.29 is 32.6 Å². The molecular formula is C11H17NO7S. The summed E-state index contributed by atoms with van der Waals surface area (Å²) in [5, 5.41) is 11.1. The van der Waals surface area contributed by atoms with Crippen molar-refractivity contribution >= 4 is 28.2 Å². The summed E-state index contributed by atoms with van der Waals surface area (Å²) in [5.74, 6) is -2.69. The highest BCUT2D eigenvalue weighted by Crippen LogP contribution is 2.34. The molecule has 1 rings (SSSR count). The van der Waals surface area contributed by atoms with E-state index in [1.807, 2.05) is 5.32 Å². The average Bonchev–Trinajstić information content (AvgIpc) is 2.19. The third-order valence-electron chi connectivity index (χ3n) is 2.69. The van der Waals surface area contributed by atoms with Crippen LogP contribution in [0.1, 0.15) is 20.8 Å².